The molecule has 0 saturated carbocycles. The standard InChI is InChI=1S/C11H7Cl3N2O2S/c12-7-4-5-15-6-9(7)16-19(17,18)10-3-1-2-8(13)11(10)14/h1-6,16H. The normalized spacial score (nSPS) is 11.3. The van der Waals surface area contributed by atoms with Gasteiger partial charge in [0.1, 0.15) is 4.90 Å². The van der Waals surface area contributed by atoms with Gasteiger partial charge in [-0.1, -0.05) is 40.9 Å². The Hall–Kier alpha value is -1.01. The molecular weight excluding hydrogens is 331 g/mol. The predicted octanol–water partition coefficient (Wildman–Crippen LogP) is 3.84. The minimum Gasteiger partial charge on any atom is -0.276 e. The molecule has 0 saturated heterocycles. The highest BCUT2D eigenvalue weighted by atomic mass is 35.5. The third kappa shape index (κ3) is 3.12. The number of nitrogens with one attached hydrogen (secondary N) is 1. The van der Waals surface area contributed by atoms with Gasteiger partial charge in [0.2, 0.25) is 0 Å². The fraction of sp³-hybridized carbons (Fsp3) is 0. The van der Waals surface area contributed by atoms with E-state index in [0.717, 1.165) is 0 Å². The van der Waals surface area contributed by atoms with E-state index < -0.39 is 10.0 Å². The summed E-state index contributed by atoms with van der Waals surface area (Å²) in [7, 11) is -3.88. The molecule has 0 aliphatic carbocycles. The lowest BCUT2D eigenvalue weighted by Gasteiger charge is -2.10. The molecule has 0 atom stereocenters. The Balaban J connectivity index is 2.44. The summed E-state index contributed by atoms with van der Waals surface area (Å²) in [5.74, 6) is 0. The molecule has 0 amide bonds. The zero-order valence-electron chi connectivity index (χ0n) is 9.27. The van der Waals surface area contributed by atoms with E-state index in [1.54, 1.807) is 0 Å². The molecule has 0 aliphatic rings. The fourth-order valence-electron chi connectivity index (χ4n) is 1.34. The second-order valence-electron chi connectivity index (χ2n) is 3.51. The SMILES string of the molecule is O=S(=O)(Nc1cnccc1Cl)c1cccc(Cl)c1Cl. The van der Waals surface area contributed by atoms with Crippen LogP contribution in [0.15, 0.2) is 41.6 Å². The smallest absolute Gasteiger partial charge is 0.263 e. The number of sulfonamides is 1. The highest BCUT2D eigenvalue weighted by Gasteiger charge is 2.20. The van der Waals surface area contributed by atoms with E-state index in [4.69, 9.17) is 34.8 Å². The molecule has 19 heavy (non-hydrogen) atoms. The Morgan fingerprint density at radius 3 is 2.47 bits per heavy atom. The summed E-state index contributed by atoms with van der Waals surface area (Å²) in [6, 6.07) is 5.81. The molecule has 0 aliphatic heterocycles. The first-order chi connectivity index (χ1) is 8.92. The van der Waals surface area contributed by atoms with Gasteiger partial charge in [-0.2, -0.15) is 0 Å². The summed E-state index contributed by atoms with van der Waals surface area (Å²) in [5.41, 5.74) is 0.167. The van der Waals surface area contributed by atoms with Gasteiger partial charge in [0, 0.05) is 6.20 Å². The van der Waals surface area contributed by atoms with Crippen LogP contribution in [0.4, 0.5) is 5.69 Å². The number of anilines is 1. The van der Waals surface area contributed by atoms with E-state index in [-0.39, 0.29) is 25.7 Å². The molecule has 0 spiro atoms. The van der Waals surface area contributed by atoms with Gasteiger partial charge in [-0.25, -0.2) is 8.42 Å². The second-order valence-corrected chi connectivity index (χ2v) is 6.36. The summed E-state index contributed by atoms with van der Waals surface area (Å²) in [4.78, 5) is 3.67. The first kappa shape index (κ1) is 14.4. The lowest BCUT2D eigenvalue weighted by molar-refractivity contribution is 0.601. The van der Waals surface area contributed by atoms with Gasteiger partial charge >= 0.3 is 0 Å². The van der Waals surface area contributed by atoms with Crippen LogP contribution in [0.2, 0.25) is 15.1 Å². The van der Waals surface area contributed by atoms with Crippen molar-refractivity contribution in [3.8, 4) is 0 Å². The largest absolute Gasteiger partial charge is 0.276 e. The molecule has 1 aromatic heterocycles. The highest BCUT2D eigenvalue weighted by Crippen LogP contribution is 2.31. The van der Waals surface area contributed by atoms with Crippen LogP contribution in [0.3, 0.4) is 0 Å². The van der Waals surface area contributed by atoms with Crippen LogP contribution in [-0.2, 0) is 10.0 Å². The maximum atomic E-state index is 12.2. The van der Waals surface area contributed by atoms with Gasteiger partial charge in [0.05, 0.1) is 27.0 Å². The third-order valence-corrected chi connectivity index (χ3v) is 4.89. The highest BCUT2D eigenvalue weighted by molar-refractivity contribution is 7.92. The fourth-order valence-corrected chi connectivity index (χ4v) is 3.38. The molecule has 0 bridgehead atoms. The summed E-state index contributed by atoms with van der Waals surface area (Å²) in [5, 5.41) is 0.343. The van der Waals surface area contributed by atoms with Gasteiger partial charge in [-0.3, -0.25) is 9.71 Å². The summed E-state index contributed by atoms with van der Waals surface area (Å²) >= 11 is 17.5. The van der Waals surface area contributed by atoms with Crippen LogP contribution < -0.4 is 4.72 Å². The van der Waals surface area contributed by atoms with Gasteiger partial charge in [0.15, 0.2) is 0 Å². The number of aromatic nitrogens is 1. The Bertz CT molecular complexity index is 720. The van der Waals surface area contributed by atoms with E-state index in [1.165, 1.54) is 36.7 Å². The zero-order valence-corrected chi connectivity index (χ0v) is 12.4. The van der Waals surface area contributed by atoms with Crippen molar-refractivity contribution in [2.45, 2.75) is 4.90 Å². The maximum Gasteiger partial charge on any atom is 0.263 e. The number of benzene rings is 1. The molecule has 4 nitrogen and oxygen atoms in total. The van der Waals surface area contributed by atoms with E-state index in [0.29, 0.717) is 0 Å². The molecule has 1 N–H and O–H groups in total. The van der Waals surface area contributed by atoms with Crippen molar-refractivity contribution in [1.82, 2.24) is 4.98 Å². The zero-order chi connectivity index (χ0) is 14.0. The van der Waals surface area contributed by atoms with E-state index >= 15 is 0 Å². The van der Waals surface area contributed by atoms with Crippen LogP contribution in [0, 0.1) is 0 Å². The average molecular weight is 338 g/mol. The average Bonchev–Trinajstić information content (AvgIpc) is 2.35. The molecule has 100 valence electrons. The molecule has 0 radical (unpaired) electrons. The predicted molar refractivity (Wildman–Crippen MR) is 76.5 cm³/mol. The quantitative estimate of drug-likeness (QED) is 0.925. The van der Waals surface area contributed by atoms with Crippen molar-refractivity contribution in [3.05, 3.63) is 51.7 Å². The topological polar surface area (TPSA) is 59.1 Å². The van der Waals surface area contributed by atoms with Crippen molar-refractivity contribution >= 4 is 50.5 Å². The van der Waals surface area contributed by atoms with Crippen molar-refractivity contribution in [1.29, 1.82) is 0 Å². The van der Waals surface area contributed by atoms with E-state index in [2.05, 4.69) is 9.71 Å². The number of pyridine rings is 1. The van der Waals surface area contributed by atoms with Crippen LogP contribution >= 0.6 is 34.8 Å². The van der Waals surface area contributed by atoms with Crippen LogP contribution in [0.1, 0.15) is 0 Å². The van der Waals surface area contributed by atoms with Crippen LogP contribution in [0.5, 0.6) is 0 Å². The Labute approximate surface area is 125 Å². The van der Waals surface area contributed by atoms with Crippen LogP contribution in [0.25, 0.3) is 0 Å². The summed E-state index contributed by atoms with van der Waals surface area (Å²) < 4.78 is 26.7. The minimum atomic E-state index is -3.88. The monoisotopic (exact) mass is 336 g/mol. The summed E-state index contributed by atoms with van der Waals surface area (Å²) in [6.45, 7) is 0. The molecule has 2 rings (SSSR count). The molecular formula is C11H7Cl3N2O2S. The van der Waals surface area contributed by atoms with Crippen molar-refractivity contribution in [3.63, 3.8) is 0 Å². The first-order valence-electron chi connectivity index (χ1n) is 4.98. The first-order valence-corrected chi connectivity index (χ1v) is 7.60. The number of halogens is 3. The van der Waals surface area contributed by atoms with Gasteiger partial charge in [-0.05, 0) is 18.2 Å². The molecule has 0 fully saturated rings. The Kier molecular flexibility index (Phi) is 4.20. The third-order valence-electron chi connectivity index (χ3n) is 2.22. The second kappa shape index (κ2) is 5.54. The molecule has 1 heterocycles. The van der Waals surface area contributed by atoms with Gasteiger partial charge in [0.25, 0.3) is 10.0 Å². The lowest BCUT2D eigenvalue weighted by Crippen LogP contribution is -2.14. The van der Waals surface area contributed by atoms with Crippen molar-refractivity contribution in [2.24, 2.45) is 0 Å². The minimum absolute atomic E-state index is 0.0447. The summed E-state index contributed by atoms with van der Waals surface area (Å²) in [6.07, 6.45) is 2.75. The molecule has 2 aromatic rings. The maximum absolute atomic E-state index is 12.2. The Morgan fingerprint density at radius 2 is 1.79 bits per heavy atom. The lowest BCUT2D eigenvalue weighted by atomic mass is 10.4. The van der Waals surface area contributed by atoms with Crippen molar-refractivity contribution in [2.75, 3.05) is 4.72 Å². The number of rotatable bonds is 3. The van der Waals surface area contributed by atoms with Gasteiger partial charge in [-0.15, -0.1) is 0 Å². The van der Waals surface area contributed by atoms with E-state index in [9.17, 15) is 8.42 Å². The molecule has 1 aromatic carbocycles. The van der Waals surface area contributed by atoms with E-state index in [1.807, 2.05) is 0 Å². The number of nitrogens with zero attached hydrogens (tertiary/aromatic N) is 1. The van der Waals surface area contributed by atoms with Crippen molar-refractivity contribution < 1.29 is 8.42 Å². The number of hydrogen-bond acceptors (Lipinski definition) is 3. The van der Waals surface area contributed by atoms with Gasteiger partial charge < -0.3 is 0 Å². The molecule has 0 unspecified atom stereocenters. The van der Waals surface area contributed by atoms with Crippen LogP contribution in [-0.4, -0.2) is 13.4 Å². The molecule has 8 heteroatoms. The number of hydrogen-bond donors (Lipinski definition) is 1. The Morgan fingerprint density at radius 1 is 1.05 bits per heavy atom.